The van der Waals surface area contributed by atoms with E-state index in [0.717, 1.165) is 22.3 Å². The number of rotatable bonds is 3. The van der Waals surface area contributed by atoms with Crippen LogP contribution in [-0.4, -0.2) is 28.9 Å². The van der Waals surface area contributed by atoms with Crippen LogP contribution < -0.4 is 0 Å². The van der Waals surface area contributed by atoms with Crippen LogP contribution in [0.3, 0.4) is 0 Å². The Labute approximate surface area is 112 Å². The van der Waals surface area contributed by atoms with E-state index >= 15 is 0 Å². The van der Waals surface area contributed by atoms with Crippen molar-refractivity contribution in [1.82, 2.24) is 4.90 Å². The van der Waals surface area contributed by atoms with Gasteiger partial charge in [-0.3, -0.25) is 4.90 Å². The van der Waals surface area contributed by atoms with Gasteiger partial charge in [-0.25, -0.2) is 0 Å². The molecule has 5 heteroatoms. The third-order valence-corrected chi connectivity index (χ3v) is 3.16. The molecule has 2 rings (SSSR count). The first-order chi connectivity index (χ1) is 8.99. The van der Waals surface area contributed by atoms with Crippen LogP contribution in [0.1, 0.15) is 23.6 Å². The number of nitro groups is 1. The number of benzene rings is 1. The normalized spacial score (nSPS) is 14.4. The summed E-state index contributed by atoms with van der Waals surface area (Å²) in [5.41, 5.74) is 4.24. The number of aryl methyl sites for hydroxylation is 1. The predicted molar refractivity (Wildman–Crippen MR) is 75.6 cm³/mol. The highest BCUT2D eigenvalue weighted by molar-refractivity contribution is 5.74. The van der Waals surface area contributed by atoms with Gasteiger partial charge in [0.25, 0.3) is 0 Å². The summed E-state index contributed by atoms with van der Waals surface area (Å²) < 4.78 is 0. The van der Waals surface area contributed by atoms with Gasteiger partial charge in [0.05, 0.1) is 6.54 Å². The van der Waals surface area contributed by atoms with Crippen LogP contribution in [0.15, 0.2) is 29.8 Å². The van der Waals surface area contributed by atoms with Crippen molar-refractivity contribution in [2.45, 2.75) is 20.4 Å². The van der Waals surface area contributed by atoms with E-state index in [1.165, 1.54) is 0 Å². The molecule has 0 saturated heterocycles. The second-order valence-corrected chi connectivity index (χ2v) is 4.80. The van der Waals surface area contributed by atoms with Crippen molar-refractivity contribution >= 4 is 11.5 Å². The molecule has 1 aromatic carbocycles. The van der Waals surface area contributed by atoms with Crippen LogP contribution in [0.2, 0.25) is 0 Å². The molecule has 19 heavy (non-hydrogen) atoms. The Morgan fingerprint density at radius 1 is 1.58 bits per heavy atom. The second-order valence-electron chi connectivity index (χ2n) is 4.80. The fourth-order valence-electron chi connectivity index (χ4n) is 2.22. The monoisotopic (exact) mass is 259 g/mol. The Hall–Kier alpha value is -2.17. The third kappa shape index (κ3) is 2.81. The van der Waals surface area contributed by atoms with Crippen molar-refractivity contribution in [3.05, 3.63) is 51.6 Å². The molecule has 1 aromatic rings. The maximum atomic E-state index is 10.9. The minimum atomic E-state index is -0.415. The molecule has 0 unspecified atom stereocenters. The lowest BCUT2D eigenvalue weighted by Crippen LogP contribution is -2.32. The molecule has 0 radical (unpaired) electrons. The van der Waals surface area contributed by atoms with Gasteiger partial charge in [-0.1, -0.05) is 35.9 Å². The fourth-order valence-corrected chi connectivity index (χ4v) is 2.22. The molecule has 0 spiro atoms. The van der Waals surface area contributed by atoms with E-state index in [1.807, 2.05) is 26.0 Å². The number of hydrogen-bond acceptors (Lipinski definition) is 4. The summed E-state index contributed by atoms with van der Waals surface area (Å²) in [4.78, 5) is 16.1. The Morgan fingerprint density at radius 2 is 2.32 bits per heavy atom. The number of allylic oxidation sites excluding steroid dienone is 1. The zero-order valence-electron chi connectivity index (χ0n) is 11.2. The molecule has 1 aliphatic rings. The van der Waals surface area contributed by atoms with Crippen molar-refractivity contribution in [2.75, 3.05) is 13.1 Å². The van der Waals surface area contributed by atoms with E-state index in [1.54, 1.807) is 4.90 Å². The molecule has 100 valence electrons. The maximum absolute atomic E-state index is 10.9. The summed E-state index contributed by atoms with van der Waals surface area (Å²) in [6, 6.07) is 6.09. The van der Waals surface area contributed by atoms with Gasteiger partial charge >= 0.3 is 5.96 Å². The van der Waals surface area contributed by atoms with Crippen molar-refractivity contribution in [3.63, 3.8) is 0 Å². The van der Waals surface area contributed by atoms with Crippen LogP contribution in [0.4, 0.5) is 0 Å². The van der Waals surface area contributed by atoms with Gasteiger partial charge in [-0.15, -0.1) is 4.99 Å². The molecule has 0 atom stereocenters. The summed E-state index contributed by atoms with van der Waals surface area (Å²) in [6.07, 6.45) is 0. The average Bonchev–Trinajstić information content (AvgIpc) is 2.79. The largest absolute Gasteiger partial charge is 0.425 e. The molecule has 0 bridgehead atoms. The van der Waals surface area contributed by atoms with E-state index in [9.17, 15) is 10.1 Å². The number of guanidine groups is 1. The molecule has 0 N–H and O–H groups in total. The fraction of sp³-hybridized carbons (Fsp3) is 0.357. The van der Waals surface area contributed by atoms with Gasteiger partial charge in [0.2, 0.25) is 0 Å². The van der Waals surface area contributed by atoms with Gasteiger partial charge in [-0.05, 0) is 29.9 Å². The third-order valence-electron chi connectivity index (χ3n) is 3.16. The molecular weight excluding hydrogens is 242 g/mol. The van der Waals surface area contributed by atoms with Gasteiger partial charge in [0.15, 0.2) is 0 Å². The molecule has 0 aliphatic carbocycles. The summed E-state index contributed by atoms with van der Waals surface area (Å²) in [5, 5.41) is 10.9. The SMILES string of the molecule is C=C(C)c1cc(C)ccc1CN1CCN=C1[N+](=O)[O-]. The molecule has 0 saturated carbocycles. The predicted octanol–water partition coefficient (Wildman–Crippen LogP) is 2.48. The van der Waals surface area contributed by atoms with E-state index in [-0.39, 0.29) is 5.96 Å². The molecule has 0 fully saturated rings. The highest BCUT2D eigenvalue weighted by Gasteiger charge is 2.28. The van der Waals surface area contributed by atoms with Crippen molar-refractivity contribution in [1.29, 1.82) is 0 Å². The van der Waals surface area contributed by atoms with Crippen LogP contribution in [0.5, 0.6) is 0 Å². The molecular formula is C14H17N3O2. The van der Waals surface area contributed by atoms with E-state index in [2.05, 4.69) is 17.6 Å². The Kier molecular flexibility index (Phi) is 3.64. The van der Waals surface area contributed by atoms with Crippen molar-refractivity contribution in [2.24, 2.45) is 4.99 Å². The second kappa shape index (κ2) is 5.22. The Balaban J connectivity index is 2.27. The highest BCUT2D eigenvalue weighted by atomic mass is 16.6. The van der Waals surface area contributed by atoms with E-state index in [4.69, 9.17) is 0 Å². The molecule has 1 aliphatic heterocycles. The van der Waals surface area contributed by atoms with Gasteiger partial charge in [0.1, 0.15) is 13.1 Å². The lowest BCUT2D eigenvalue weighted by Gasteiger charge is -2.16. The first-order valence-corrected chi connectivity index (χ1v) is 6.18. The lowest BCUT2D eigenvalue weighted by molar-refractivity contribution is -0.363. The van der Waals surface area contributed by atoms with E-state index in [0.29, 0.717) is 19.6 Å². The number of hydrogen-bond donors (Lipinski definition) is 0. The van der Waals surface area contributed by atoms with Gasteiger partial charge < -0.3 is 10.1 Å². The van der Waals surface area contributed by atoms with Crippen LogP contribution in [-0.2, 0) is 6.54 Å². The summed E-state index contributed by atoms with van der Waals surface area (Å²) in [6.45, 7) is 9.54. The average molecular weight is 259 g/mol. The lowest BCUT2D eigenvalue weighted by atomic mass is 9.99. The number of aliphatic imine (C=N–C) groups is 1. The van der Waals surface area contributed by atoms with Gasteiger partial charge in [-0.2, -0.15) is 0 Å². The van der Waals surface area contributed by atoms with Crippen LogP contribution in [0.25, 0.3) is 5.57 Å². The molecule has 0 amide bonds. The quantitative estimate of drug-likeness (QED) is 0.619. The Bertz CT molecular complexity index is 564. The van der Waals surface area contributed by atoms with E-state index < -0.39 is 4.92 Å². The van der Waals surface area contributed by atoms with Crippen molar-refractivity contribution < 1.29 is 4.92 Å². The highest BCUT2D eigenvalue weighted by Crippen LogP contribution is 2.21. The summed E-state index contributed by atoms with van der Waals surface area (Å²) in [5.74, 6) is -0.0340. The smallest absolute Gasteiger partial charge is 0.390 e. The summed E-state index contributed by atoms with van der Waals surface area (Å²) >= 11 is 0. The minimum Gasteiger partial charge on any atom is -0.390 e. The number of nitrogens with zero attached hydrogens (tertiary/aromatic N) is 3. The maximum Gasteiger partial charge on any atom is 0.425 e. The van der Waals surface area contributed by atoms with Crippen molar-refractivity contribution in [3.8, 4) is 0 Å². The molecule has 1 heterocycles. The zero-order chi connectivity index (χ0) is 14.0. The first-order valence-electron chi connectivity index (χ1n) is 6.18. The van der Waals surface area contributed by atoms with Crippen LogP contribution >= 0.6 is 0 Å². The standard InChI is InChI=1S/C14H17N3O2/c1-10(2)13-8-11(3)4-5-12(13)9-16-7-6-15-14(16)17(18)19/h4-5,8H,1,6-7,9H2,2-3H3. The minimum absolute atomic E-state index is 0.0340. The van der Waals surface area contributed by atoms with Crippen LogP contribution in [0, 0.1) is 17.0 Å². The molecule has 5 nitrogen and oxygen atoms in total. The Morgan fingerprint density at radius 3 is 2.95 bits per heavy atom. The summed E-state index contributed by atoms with van der Waals surface area (Å²) in [7, 11) is 0. The van der Waals surface area contributed by atoms with Gasteiger partial charge in [0, 0.05) is 0 Å². The zero-order valence-corrected chi connectivity index (χ0v) is 11.2. The topological polar surface area (TPSA) is 58.7 Å². The molecule has 0 aromatic heterocycles. The first kappa shape index (κ1) is 13.3.